The molecule has 0 heterocycles. The second-order valence-electron chi connectivity index (χ2n) is 16.9. The summed E-state index contributed by atoms with van der Waals surface area (Å²) in [5.41, 5.74) is 17.6. The molecule has 6 aromatic rings. The molecule has 0 aromatic heterocycles. The first-order valence-electron chi connectivity index (χ1n) is 19.5. The molecule has 0 radical (unpaired) electrons. The van der Waals surface area contributed by atoms with Crippen molar-refractivity contribution in [3.63, 3.8) is 0 Å². The zero-order valence-corrected chi connectivity index (χ0v) is 42.2. The summed E-state index contributed by atoms with van der Waals surface area (Å²) in [4.78, 5) is 0. The van der Waals surface area contributed by atoms with E-state index in [0.717, 1.165) is 38.3 Å². The van der Waals surface area contributed by atoms with E-state index in [4.69, 9.17) is 46.4 Å². The minimum absolute atomic E-state index is 0. The molecule has 0 fully saturated rings. The largest absolute Gasteiger partial charge is 1.00 e. The number of fused-ring (bicyclic) bond motifs is 3. The van der Waals surface area contributed by atoms with Crippen molar-refractivity contribution in [1.82, 2.24) is 0 Å². The average Bonchev–Trinajstić information content (AvgIpc) is 3.89. The Kier molecular flexibility index (Phi) is 17.6. The topological polar surface area (TPSA) is 0 Å². The normalized spacial score (nSPS) is 12.2. The Balaban J connectivity index is 0.000000250. The van der Waals surface area contributed by atoms with E-state index in [2.05, 4.69) is 139 Å². The minimum atomic E-state index is 0. The fourth-order valence-electron chi connectivity index (χ4n) is 7.40. The Morgan fingerprint density at radius 2 is 1.10 bits per heavy atom. The predicted molar refractivity (Wildman–Crippen MR) is 249 cm³/mol. The summed E-state index contributed by atoms with van der Waals surface area (Å²) >= 11 is 25.9. The van der Waals surface area contributed by atoms with E-state index in [1.54, 1.807) is 12.1 Å². The number of halogens is 6. The van der Waals surface area contributed by atoms with Crippen LogP contribution in [0.25, 0.3) is 33.4 Å². The van der Waals surface area contributed by atoms with Crippen molar-refractivity contribution in [3.8, 4) is 33.4 Å². The van der Waals surface area contributed by atoms with Gasteiger partial charge in [-0.3, -0.25) is 6.08 Å². The minimum Gasteiger partial charge on any atom is -1.00 e. The Bertz CT molecular complexity index is 2360. The third kappa shape index (κ3) is 11.6. The maximum Gasteiger partial charge on any atom is -0.109 e. The Morgan fingerprint density at radius 3 is 1.55 bits per heavy atom. The summed E-state index contributed by atoms with van der Waals surface area (Å²) in [7, 11) is 0. The van der Waals surface area contributed by atoms with Gasteiger partial charge in [-0.15, -0.1) is 35.2 Å². The Hall–Kier alpha value is -2.71. The van der Waals surface area contributed by atoms with E-state index in [1.807, 2.05) is 38.1 Å². The summed E-state index contributed by atoms with van der Waals surface area (Å²) in [6.07, 6.45) is 10.9. The van der Waals surface area contributed by atoms with Gasteiger partial charge in [0.2, 0.25) is 0 Å². The summed E-state index contributed by atoms with van der Waals surface area (Å²) < 4.78 is 1.14. The van der Waals surface area contributed by atoms with Crippen LogP contribution < -0.4 is 24.8 Å². The molecule has 6 aromatic carbocycles. The van der Waals surface area contributed by atoms with Crippen molar-refractivity contribution in [2.45, 2.75) is 79.1 Å². The molecule has 0 aliphatic heterocycles. The van der Waals surface area contributed by atoms with Crippen molar-refractivity contribution in [2.24, 2.45) is 0 Å². The first kappa shape index (κ1) is 49.9. The summed E-state index contributed by atoms with van der Waals surface area (Å²) in [6.45, 7) is 17.9. The maximum atomic E-state index is 6.21. The summed E-state index contributed by atoms with van der Waals surface area (Å²) in [5, 5.41) is 2.58. The first-order valence-corrected chi connectivity index (χ1v) is 22.3. The van der Waals surface area contributed by atoms with Crippen LogP contribution in [0.5, 0.6) is 0 Å². The zero-order valence-electron chi connectivity index (χ0n) is 35.2. The van der Waals surface area contributed by atoms with Gasteiger partial charge in [0.25, 0.3) is 0 Å². The van der Waals surface area contributed by atoms with Crippen molar-refractivity contribution in [1.29, 1.82) is 0 Å². The van der Waals surface area contributed by atoms with Crippen LogP contribution in [0.1, 0.15) is 92.5 Å². The second-order valence-corrected chi connectivity index (χ2v) is 19.8. The van der Waals surface area contributed by atoms with Gasteiger partial charge in [0, 0.05) is 0 Å². The first-order chi connectivity index (χ1) is 27.4. The van der Waals surface area contributed by atoms with Crippen molar-refractivity contribution in [2.75, 3.05) is 0 Å². The smallest absolute Gasteiger partial charge is 0.109 e. The molecule has 8 rings (SSSR count). The molecule has 7 heteroatoms. The molecule has 0 saturated carbocycles. The van der Waals surface area contributed by atoms with Gasteiger partial charge in [0.15, 0.2) is 0 Å². The standard InChI is InChI=1S/C33H33.C15H10Cl4.C5H5.2ClH.Zr/c1-32(2,3)30-20-26-24(18-28(30)22-13-9-7-10-14-22)17-25-19-29(23-15-11-8-12-16-23)31(21-27(25)26)33(4,5)6;1-8-10(4-12(16)6-14(8)18)3-11-5-13(17)7-15(19)9(11)2;1-2-4-5-3-1;;;/h7-16,18,20-21H,17H2,1-6H3;4-7H,1-2H3;1-3H,4H2;2*1H;/q-1;;-1;;;+2/p-2. The molecule has 0 bridgehead atoms. The van der Waals surface area contributed by atoms with Crippen molar-refractivity contribution < 1.29 is 49.0 Å². The Labute approximate surface area is 405 Å². The van der Waals surface area contributed by atoms with E-state index in [1.165, 1.54) is 79.9 Å². The number of benzene rings is 6. The molecule has 0 nitrogen and oxygen atoms in total. The monoisotopic (exact) mass is 984 g/mol. The number of hydrogen-bond acceptors (Lipinski definition) is 0. The van der Waals surface area contributed by atoms with Gasteiger partial charge in [-0.1, -0.05) is 131 Å². The van der Waals surface area contributed by atoms with E-state index in [0.29, 0.717) is 20.1 Å². The summed E-state index contributed by atoms with van der Waals surface area (Å²) in [5.74, 6) is 0. The number of rotatable bonds is 4. The van der Waals surface area contributed by atoms with E-state index >= 15 is 0 Å². The van der Waals surface area contributed by atoms with Crippen LogP contribution in [0.4, 0.5) is 0 Å². The molecule has 60 heavy (non-hydrogen) atoms. The van der Waals surface area contributed by atoms with Crippen LogP contribution >= 0.6 is 46.4 Å². The fourth-order valence-corrected chi connectivity index (χ4v) is 9.66. The van der Waals surface area contributed by atoms with E-state index in [-0.39, 0.29) is 35.6 Å². The van der Waals surface area contributed by atoms with E-state index < -0.39 is 0 Å². The van der Waals surface area contributed by atoms with Gasteiger partial charge in [-0.25, -0.2) is 12.2 Å². The van der Waals surface area contributed by atoms with Gasteiger partial charge >= 0.3 is 154 Å². The Morgan fingerprint density at radius 1 is 0.600 bits per heavy atom. The number of hydrogen-bond donors (Lipinski definition) is 0. The van der Waals surface area contributed by atoms with Crippen LogP contribution in [-0.2, 0) is 41.5 Å². The molecule has 2 aliphatic carbocycles. The van der Waals surface area contributed by atoms with Crippen LogP contribution in [0.15, 0.2) is 121 Å². The van der Waals surface area contributed by atoms with Gasteiger partial charge < -0.3 is 24.8 Å². The maximum absolute atomic E-state index is 6.21. The average molecular weight is 989 g/mol. The van der Waals surface area contributed by atoms with E-state index in [9.17, 15) is 0 Å². The second kappa shape index (κ2) is 21.1. The quantitative estimate of drug-likeness (QED) is 0.154. The van der Waals surface area contributed by atoms with Gasteiger partial charge in [-0.05, 0) is 39.5 Å². The van der Waals surface area contributed by atoms with Gasteiger partial charge in [-0.2, -0.15) is 6.08 Å². The number of allylic oxidation sites excluding steroid dienone is 4. The van der Waals surface area contributed by atoms with Gasteiger partial charge in [0.1, 0.15) is 0 Å². The van der Waals surface area contributed by atoms with Crippen LogP contribution in [0.2, 0.25) is 20.1 Å². The van der Waals surface area contributed by atoms with Crippen LogP contribution in [-0.4, -0.2) is 3.21 Å². The molecule has 0 amide bonds. The molecule has 0 atom stereocenters. The third-order valence-electron chi connectivity index (χ3n) is 10.6. The molecule has 0 saturated heterocycles. The molecule has 308 valence electrons. The molecule has 0 unspecified atom stereocenters. The fraction of sp³-hybridized carbons (Fsp3) is 0.226. The molecular formula is C53H48Cl6Zr-2. The molecule has 0 spiro atoms. The molecule has 2 aliphatic rings. The van der Waals surface area contributed by atoms with Crippen molar-refractivity contribution in [3.05, 3.63) is 198 Å². The van der Waals surface area contributed by atoms with Crippen molar-refractivity contribution >= 4 is 49.6 Å². The predicted octanol–water partition coefficient (Wildman–Crippen LogP) is 10.3. The zero-order chi connectivity index (χ0) is 41.9. The van der Waals surface area contributed by atoms with Crippen LogP contribution in [0.3, 0.4) is 0 Å². The molecular weight excluding hydrogens is 941 g/mol. The van der Waals surface area contributed by atoms with Gasteiger partial charge in [0.05, 0.1) is 0 Å². The summed E-state index contributed by atoms with van der Waals surface area (Å²) in [6, 6.07) is 40.2. The van der Waals surface area contributed by atoms with Crippen LogP contribution in [0, 0.1) is 26.0 Å². The third-order valence-corrected chi connectivity index (χ3v) is 13.1. The SMILES string of the molecule is CC(C)(C)c1cc2c([c-]c1-c1ccccc1)Cc1cc(-c3ccccc3)c(C(C)(C)C)cc1-2.Cc1c(Cl)cc(Cl)cc1[C](=[Zr+2])c1cc(Cl)cc(Cl)c1C.[C-]1=CC=CC1.[Cl-].[Cl-]. The molecule has 0 N–H and O–H groups in total.